The molecular formula is C18H25BrN6O. The number of carbonyl (C=O) groups excluding carboxylic acids is 1. The van der Waals surface area contributed by atoms with Crippen LogP contribution in [-0.4, -0.2) is 58.4 Å². The fourth-order valence-corrected chi connectivity index (χ4v) is 3.37. The molecule has 8 heteroatoms. The van der Waals surface area contributed by atoms with E-state index in [9.17, 15) is 4.79 Å². The fourth-order valence-electron chi connectivity index (χ4n) is 3.13. The van der Waals surface area contributed by atoms with Gasteiger partial charge in [-0.3, -0.25) is 4.68 Å². The first kappa shape index (κ1) is 18.7. The van der Waals surface area contributed by atoms with Gasteiger partial charge in [0.15, 0.2) is 0 Å². The lowest BCUT2D eigenvalue weighted by molar-refractivity contribution is 0.194. The van der Waals surface area contributed by atoms with Gasteiger partial charge in [-0.1, -0.05) is 0 Å². The van der Waals surface area contributed by atoms with Crippen molar-refractivity contribution in [2.24, 2.45) is 0 Å². The summed E-state index contributed by atoms with van der Waals surface area (Å²) in [5.74, 6) is 0.957. The zero-order valence-electron chi connectivity index (χ0n) is 15.3. The highest BCUT2D eigenvalue weighted by Gasteiger charge is 2.21. The summed E-state index contributed by atoms with van der Waals surface area (Å²) in [6, 6.07) is 6.07. The Bertz CT molecular complexity index is 737. The lowest BCUT2D eigenvalue weighted by Crippen LogP contribution is -2.52. The molecule has 0 atom stereocenters. The second-order valence-electron chi connectivity index (χ2n) is 6.54. The molecule has 2 amide bonds. The highest BCUT2D eigenvalue weighted by Crippen LogP contribution is 2.16. The SMILES string of the molecule is Cc1cc(C)n(CCCNC(=O)N2CCN(c3ccc(Br)cn3)CC2)n1. The Labute approximate surface area is 162 Å². The Hall–Kier alpha value is -2.09. The lowest BCUT2D eigenvalue weighted by atomic mass is 10.3. The second kappa shape index (κ2) is 8.53. The van der Waals surface area contributed by atoms with Crippen molar-refractivity contribution in [1.82, 2.24) is 25.0 Å². The van der Waals surface area contributed by atoms with Crippen molar-refractivity contribution >= 4 is 27.8 Å². The third-order valence-electron chi connectivity index (χ3n) is 4.53. The number of urea groups is 1. The van der Waals surface area contributed by atoms with Crippen LogP contribution in [-0.2, 0) is 6.54 Å². The van der Waals surface area contributed by atoms with Gasteiger partial charge < -0.3 is 15.1 Å². The van der Waals surface area contributed by atoms with Gasteiger partial charge in [-0.25, -0.2) is 9.78 Å². The molecule has 0 aromatic carbocycles. The minimum Gasteiger partial charge on any atom is -0.353 e. The molecule has 26 heavy (non-hydrogen) atoms. The summed E-state index contributed by atoms with van der Waals surface area (Å²) in [6.45, 7) is 8.55. The van der Waals surface area contributed by atoms with Crippen LogP contribution in [0.3, 0.4) is 0 Å². The van der Waals surface area contributed by atoms with Crippen LogP contribution in [0.4, 0.5) is 10.6 Å². The van der Waals surface area contributed by atoms with E-state index in [2.05, 4.69) is 49.2 Å². The summed E-state index contributed by atoms with van der Waals surface area (Å²) in [4.78, 5) is 20.8. The zero-order chi connectivity index (χ0) is 18.5. The van der Waals surface area contributed by atoms with Gasteiger partial charge in [0.25, 0.3) is 0 Å². The Morgan fingerprint density at radius 1 is 1.23 bits per heavy atom. The molecule has 3 heterocycles. The van der Waals surface area contributed by atoms with E-state index in [1.54, 1.807) is 6.20 Å². The molecule has 2 aromatic rings. The Morgan fingerprint density at radius 3 is 2.62 bits per heavy atom. The summed E-state index contributed by atoms with van der Waals surface area (Å²) in [5.41, 5.74) is 2.19. The molecule has 1 saturated heterocycles. The van der Waals surface area contributed by atoms with E-state index in [0.717, 1.165) is 47.7 Å². The number of anilines is 1. The van der Waals surface area contributed by atoms with Crippen LogP contribution >= 0.6 is 15.9 Å². The van der Waals surface area contributed by atoms with Gasteiger partial charge in [0.2, 0.25) is 0 Å². The third-order valence-corrected chi connectivity index (χ3v) is 5.00. The van der Waals surface area contributed by atoms with E-state index in [0.29, 0.717) is 19.6 Å². The maximum atomic E-state index is 12.3. The van der Waals surface area contributed by atoms with Crippen molar-refractivity contribution in [3.63, 3.8) is 0 Å². The van der Waals surface area contributed by atoms with E-state index in [1.165, 1.54) is 0 Å². The minimum atomic E-state index is 0.0155. The minimum absolute atomic E-state index is 0.0155. The van der Waals surface area contributed by atoms with E-state index in [1.807, 2.05) is 28.6 Å². The van der Waals surface area contributed by atoms with Gasteiger partial charge >= 0.3 is 6.03 Å². The van der Waals surface area contributed by atoms with Gasteiger partial charge in [-0.05, 0) is 54.4 Å². The van der Waals surface area contributed by atoms with Crippen LogP contribution in [0.15, 0.2) is 28.9 Å². The van der Waals surface area contributed by atoms with Crippen molar-refractivity contribution in [1.29, 1.82) is 0 Å². The first-order valence-corrected chi connectivity index (χ1v) is 9.72. The molecule has 2 aromatic heterocycles. The number of rotatable bonds is 5. The first-order chi connectivity index (χ1) is 12.5. The van der Waals surface area contributed by atoms with E-state index >= 15 is 0 Å². The first-order valence-electron chi connectivity index (χ1n) is 8.93. The molecule has 0 aliphatic carbocycles. The zero-order valence-corrected chi connectivity index (χ0v) is 16.9. The Balaban J connectivity index is 1.38. The van der Waals surface area contributed by atoms with Crippen LogP contribution in [0.1, 0.15) is 17.8 Å². The smallest absolute Gasteiger partial charge is 0.317 e. The van der Waals surface area contributed by atoms with E-state index < -0.39 is 0 Å². The molecule has 3 rings (SSSR count). The van der Waals surface area contributed by atoms with Gasteiger partial charge in [-0.15, -0.1) is 0 Å². The fraction of sp³-hybridized carbons (Fsp3) is 0.500. The average molecular weight is 421 g/mol. The van der Waals surface area contributed by atoms with Crippen LogP contribution in [0, 0.1) is 13.8 Å². The number of piperazine rings is 1. The highest BCUT2D eigenvalue weighted by molar-refractivity contribution is 9.10. The van der Waals surface area contributed by atoms with E-state index in [-0.39, 0.29) is 6.03 Å². The summed E-state index contributed by atoms with van der Waals surface area (Å²) in [7, 11) is 0. The molecule has 1 aliphatic heterocycles. The summed E-state index contributed by atoms with van der Waals surface area (Å²) in [6.07, 6.45) is 2.67. The number of nitrogens with one attached hydrogen (secondary N) is 1. The molecule has 7 nitrogen and oxygen atoms in total. The highest BCUT2D eigenvalue weighted by atomic mass is 79.9. The maximum Gasteiger partial charge on any atom is 0.317 e. The molecule has 1 aliphatic rings. The number of hydrogen-bond donors (Lipinski definition) is 1. The number of aryl methyl sites for hydroxylation is 3. The van der Waals surface area contributed by atoms with Gasteiger partial charge in [-0.2, -0.15) is 5.10 Å². The molecule has 1 fully saturated rings. The van der Waals surface area contributed by atoms with Crippen LogP contribution < -0.4 is 10.2 Å². The van der Waals surface area contributed by atoms with Gasteiger partial charge in [0.05, 0.1) is 5.69 Å². The number of hydrogen-bond acceptors (Lipinski definition) is 4. The summed E-state index contributed by atoms with van der Waals surface area (Å²) >= 11 is 3.40. The van der Waals surface area contributed by atoms with Gasteiger partial charge in [0.1, 0.15) is 5.82 Å². The molecule has 0 radical (unpaired) electrons. The number of halogens is 1. The monoisotopic (exact) mass is 420 g/mol. The lowest BCUT2D eigenvalue weighted by Gasteiger charge is -2.35. The van der Waals surface area contributed by atoms with Crippen LogP contribution in [0.5, 0.6) is 0 Å². The molecule has 0 saturated carbocycles. The van der Waals surface area contributed by atoms with Crippen molar-refractivity contribution < 1.29 is 4.79 Å². The topological polar surface area (TPSA) is 66.3 Å². The van der Waals surface area contributed by atoms with Crippen LogP contribution in [0.25, 0.3) is 0 Å². The molecule has 1 N–H and O–H groups in total. The van der Waals surface area contributed by atoms with Crippen molar-refractivity contribution in [3.8, 4) is 0 Å². The summed E-state index contributed by atoms with van der Waals surface area (Å²) in [5, 5.41) is 7.45. The standard InChI is InChI=1S/C18H25BrN6O/c1-14-12-15(2)25(22-14)7-3-6-20-18(26)24-10-8-23(9-11-24)17-5-4-16(19)13-21-17/h4-5,12-13H,3,6-11H2,1-2H3,(H,20,26). The van der Waals surface area contributed by atoms with E-state index in [4.69, 9.17) is 0 Å². The number of nitrogens with zero attached hydrogens (tertiary/aromatic N) is 5. The Morgan fingerprint density at radius 2 is 2.00 bits per heavy atom. The number of amides is 2. The molecule has 140 valence electrons. The second-order valence-corrected chi connectivity index (χ2v) is 7.46. The predicted molar refractivity (Wildman–Crippen MR) is 105 cm³/mol. The molecular weight excluding hydrogens is 396 g/mol. The van der Waals surface area contributed by atoms with Crippen LogP contribution in [0.2, 0.25) is 0 Å². The van der Waals surface area contributed by atoms with Crippen molar-refractivity contribution in [2.75, 3.05) is 37.6 Å². The quantitative estimate of drug-likeness (QED) is 0.754. The van der Waals surface area contributed by atoms with Gasteiger partial charge in [0, 0.05) is 55.6 Å². The average Bonchev–Trinajstić information content (AvgIpc) is 2.96. The molecule has 0 unspecified atom stereocenters. The predicted octanol–water partition coefficient (Wildman–Crippen LogP) is 2.58. The largest absolute Gasteiger partial charge is 0.353 e. The summed E-state index contributed by atoms with van der Waals surface area (Å²) < 4.78 is 2.96. The molecule has 0 bridgehead atoms. The van der Waals surface area contributed by atoms with Crippen molar-refractivity contribution in [2.45, 2.75) is 26.8 Å². The van der Waals surface area contributed by atoms with Crippen molar-refractivity contribution in [3.05, 3.63) is 40.3 Å². The number of aromatic nitrogens is 3. The molecule has 0 spiro atoms. The number of pyridine rings is 1. The maximum absolute atomic E-state index is 12.3. The Kier molecular flexibility index (Phi) is 6.13. The third kappa shape index (κ3) is 4.75. The number of carbonyl (C=O) groups is 1. The normalized spacial score (nSPS) is 14.6.